The van der Waals surface area contributed by atoms with Crippen LogP contribution in [0.3, 0.4) is 0 Å². The Labute approximate surface area is 144 Å². The predicted molar refractivity (Wildman–Crippen MR) is 97.9 cm³/mol. The molecule has 1 aromatic rings. The SMILES string of the molecule is Cc1ccccc1C(NC(=O)CC1CSCCN1)C(C)C.Cl. The summed E-state index contributed by atoms with van der Waals surface area (Å²) < 4.78 is 0. The molecule has 2 atom stereocenters. The van der Waals surface area contributed by atoms with Crippen molar-refractivity contribution in [3.63, 3.8) is 0 Å². The maximum atomic E-state index is 12.4. The van der Waals surface area contributed by atoms with Crippen LogP contribution in [0.2, 0.25) is 0 Å². The zero-order valence-electron chi connectivity index (χ0n) is 13.6. The van der Waals surface area contributed by atoms with Crippen LogP contribution in [-0.2, 0) is 4.79 Å². The van der Waals surface area contributed by atoms with Gasteiger partial charge in [-0.25, -0.2) is 0 Å². The van der Waals surface area contributed by atoms with E-state index in [0.717, 1.165) is 18.1 Å². The largest absolute Gasteiger partial charge is 0.349 e. The second kappa shape index (κ2) is 9.43. The lowest BCUT2D eigenvalue weighted by Gasteiger charge is -2.27. The maximum Gasteiger partial charge on any atom is 0.222 e. The third-order valence-electron chi connectivity index (χ3n) is 3.94. The van der Waals surface area contributed by atoms with Gasteiger partial charge in [-0.2, -0.15) is 11.8 Å². The number of amides is 1. The highest BCUT2D eigenvalue weighted by Gasteiger charge is 2.22. The van der Waals surface area contributed by atoms with Gasteiger partial charge in [0.05, 0.1) is 6.04 Å². The van der Waals surface area contributed by atoms with Crippen LogP contribution in [0.5, 0.6) is 0 Å². The number of hydrogen-bond acceptors (Lipinski definition) is 3. The van der Waals surface area contributed by atoms with Crippen molar-refractivity contribution in [1.82, 2.24) is 10.6 Å². The Kier molecular flexibility index (Phi) is 8.29. The lowest BCUT2D eigenvalue weighted by Crippen LogP contribution is -2.42. The zero-order chi connectivity index (χ0) is 15.2. The fourth-order valence-electron chi connectivity index (χ4n) is 2.75. The van der Waals surface area contributed by atoms with Gasteiger partial charge in [-0.05, 0) is 24.0 Å². The molecule has 0 radical (unpaired) electrons. The first-order chi connectivity index (χ1) is 10.1. The van der Waals surface area contributed by atoms with Crippen molar-refractivity contribution in [3.8, 4) is 0 Å². The van der Waals surface area contributed by atoms with Crippen molar-refractivity contribution in [1.29, 1.82) is 0 Å². The van der Waals surface area contributed by atoms with Crippen LogP contribution in [0, 0.1) is 12.8 Å². The van der Waals surface area contributed by atoms with Gasteiger partial charge in [0.15, 0.2) is 0 Å². The molecule has 1 aliphatic rings. The molecule has 0 saturated carbocycles. The molecule has 124 valence electrons. The Morgan fingerprint density at radius 2 is 2.14 bits per heavy atom. The van der Waals surface area contributed by atoms with Gasteiger partial charge in [-0.3, -0.25) is 4.79 Å². The number of aryl methyl sites for hydroxylation is 1. The summed E-state index contributed by atoms with van der Waals surface area (Å²) in [4.78, 5) is 12.4. The first-order valence-corrected chi connectivity index (χ1v) is 8.89. The number of carbonyl (C=O) groups excluding carboxylic acids is 1. The standard InChI is InChI=1S/C17H26N2OS.ClH/c1-12(2)17(15-7-5-4-6-13(15)3)19-16(20)10-14-11-21-9-8-18-14;/h4-7,12,14,17-18H,8-11H2,1-3H3,(H,19,20);1H. The minimum absolute atomic E-state index is 0. The Morgan fingerprint density at radius 3 is 2.73 bits per heavy atom. The number of carbonyl (C=O) groups is 1. The topological polar surface area (TPSA) is 41.1 Å². The first kappa shape index (κ1) is 19.3. The molecule has 1 saturated heterocycles. The van der Waals surface area contributed by atoms with E-state index in [4.69, 9.17) is 0 Å². The smallest absolute Gasteiger partial charge is 0.222 e. The minimum Gasteiger partial charge on any atom is -0.349 e. The van der Waals surface area contributed by atoms with Gasteiger partial charge < -0.3 is 10.6 Å². The van der Waals surface area contributed by atoms with Gasteiger partial charge >= 0.3 is 0 Å². The second-order valence-corrected chi connectivity index (χ2v) is 7.23. The molecule has 0 aliphatic carbocycles. The van der Waals surface area contributed by atoms with Crippen LogP contribution in [0.1, 0.15) is 37.4 Å². The Bertz CT molecular complexity index is 475. The summed E-state index contributed by atoms with van der Waals surface area (Å²) in [6, 6.07) is 8.72. The molecule has 0 aromatic heterocycles. The molecule has 1 aliphatic heterocycles. The van der Waals surface area contributed by atoms with E-state index in [0.29, 0.717) is 18.4 Å². The van der Waals surface area contributed by atoms with E-state index in [-0.39, 0.29) is 24.4 Å². The van der Waals surface area contributed by atoms with Gasteiger partial charge in [0.25, 0.3) is 0 Å². The van der Waals surface area contributed by atoms with Crippen LogP contribution in [-0.4, -0.2) is 30.0 Å². The molecular formula is C17H27ClN2OS. The van der Waals surface area contributed by atoms with E-state index in [2.05, 4.69) is 43.5 Å². The molecule has 3 nitrogen and oxygen atoms in total. The summed E-state index contributed by atoms with van der Waals surface area (Å²) in [5.74, 6) is 2.71. The number of nitrogens with one attached hydrogen (secondary N) is 2. The van der Waals surface area contributed by atoms with Gasteiger partial charge in [0.1, 0.15) is 0 Å². The van der Waals surface area contributed by atoms with E-state index >= 15 is 0 Å². The number of benzene rings is 1. The van der Waals surface area contributed by atoms with Crippen molar-refractivity contribution < 1.29 is 4.79 Å². The quantitative estimate of drug-likeness (QED) is 0.862. The Balaban J connectivity index is 0.00000242. The predicted octanol–water partition coefficient (Wildman–Crippen LogP) is 3.33. The number of hydrogen-bond donors (Lipinski definition) is 2. The average Bonchev–Trinajstić information content (AvgIpc) is 2.46. The van der Waals surface area contributed by atoms with E-state index in [1.807, 2.05) is 23.9 Å². The average molecular weight is 343 g/mol. The fraction of sp³-hybridized carbons (Fsp3) is 0.588. The second-order valence-electron chi connectivity index (χ2n) is 6.08. The third kappa shape index (κ3) is 5.49. The van der Waals surface area contributed by atoms with Gasteiger partial charge in [0.2, 0.25) is 5.91 Å². The highest BCUT2D eigenvalue weighted by molar-refractivity contribution is 7.99. The van der Waals surface area contributed by atoms with Crippen LogP contribution < -0.4 is 10.6 Å². The summed E-state index contributed by atoms with van der Waals surface area (Å²) in [7, 11) is 0. The Hall–Kier alpha value is -0.710. The zero-order valence-corrected chi connectivity index (χ0v) is 15.2. The van der Waals surface area contributed by atoms with Crippen LogP contribution in [0.4, 0.5) is 0 Å². The highest BCUT2D eigenvalue weighted by Crippen LogP contribution is 2.24. The molecule has 0 bridgehead atoms. The summed E-state index contributed by atoms with van der Waals surface area (Å²) in [6.07, 6.45) is 0.572. The molecule has 1 amide bonds. The normalized spacial score (nSPS) is 19.4. The number of thioether (sulfide) groups is 1. The first-order valence-electron chi connectivity index (χ1n) is 7.74. The third-order valence-corrected chi connectivity index (χ3v) is 5.07. The van der Waals surface area contributed by atoms with Crippen LogP contribution in [0.15, 0.2) is 24.3 Å². The molecule has 1 aromatic carbocycles. The molecular weight excluding hydrogens is 316 g/mol. The van der Waals surface area contributed by atoms with E-state index in [1.165, 1.54) is 11.1 Å². The molecule has 2 rings (SSSR count). The van der Waals surface area contributed by atoms with Crippen molar-refractivity contribution in [2.75, 3.05) is 18.1 Å². The Morgan fingerprint density at radius 1 is 1.41 bits per heavy atom. The summed E-state index contributed by atoms with van der Waals surface area (Å²) in [5, 5.41) is 6.65. The van der Waals surface area contributed by atoms with Crippen LogP contribution >= 0.6 is 24.2 Å². The fourth-order valence-corrected chi connectivity index (χ4v) is 3.70. The van der Waals surface area contributed by atoms with Gasteiger partial charge in [0, 0.05) is 30.5 Å². The van der Waals surface area contributed by atoms with Crippen LogP contribution in [0.25, 0.3) is 0 Å². The minimum atomic E-state index is 0. The molecule has 5 heteroatoms. The number of rotatable bonds is 5. The molecule has 2 unspecified atom stereocenters. The molecule has 2 N–H and O–H groups in total. The molecule has 22 heavy (non-hydrogen) atoms. The van der Waals surface area contributed by atoms with Crippen molar-refractivity contribution in [3.05, 3.63) is 35.4 Å². The summed E-state index contributed by atoms with van der Waals surface area (Å²) in [6.45, 7) is 7.43. The van der Waals surface area contributed by atoms with Gasteiger partial charge in [-0.1, -0.05) is 38.1 Å². The lowest BCUT2D eigenvalue weighted by molar-refractivity contribution is -0.122. The van der Waals surface area contributed by atoms with Crippen molar-refractivity contribution >= 4 is 30.1 Å². The maximum absolute atomic E-state index is 12.4. The lowest BCUT2D eigenvalue weighted by atomic mass is 9.92. The van der Waals surface area contributed by atoms with E-state index in [9.17, 15) is 4.79 Å². The number of halogens is 1. The summed E-state index contributed by atoms with van der Waals surface area (Å²) in [5.41, 5.74) is 2.47. The highest BCUT2D eigenvalue weighted by atomic mass is 35.5. The molecule has 1 fully saturated rings. The van der Waals surface area contributed by atoms with Crippen molar-refractivity contribution in [2.24, 2.45) is 5.92 Å². The van der Waals surface area contributed by atoms with Gasteiger partial charge in [-0.15, -0.1) is 12.4 Å². The van der Waals surface area contributed by atoms with E-state index < -0.39 is 0 Å². The molecule has 0 spiro atoms. The summed E-state index contributed by atoms with van der Waals surface area (Å²) >= 11 is 1.93. The molecule has 1 heterocycles. The monoisotopic (exact) mass is 342 g/mol. The van der Waals surface area contributed by atoms with Crippen molar-refractivity contribution in [2.45, 2.75) is 39.3 Å². The van der Waals surface area contributed by atoms with E-state index in [1.54, 1.807) is 0 Å².